The Morgan fingerprint density at radius 3 is 2.69 bits per heavy atom. The molecule has 13 heavy (non-hydrogen) atoms. The predicted octanol–water partition coefficient (Wildman–Crippen LogP) is 1.50. The number of hydrogen-bond acceptors (Lipinski definition) is 2. The normalized spacial score (nSPS) is 12.2. The minimum atomic E-state index is -1.94. The average Bonchev–Trinajstić information content (AvgIpc) is 2.47. The molecule has 2 heterocycles. The minimum absolute atomic E-state index is 0.819. The van der Waals surface area contributed by atoms with Crippen LogP contribution in [0, 0.1) is 0 Å². The van der Waals surface area contributed by atoms with Crippen LogP contribution in [0.5, 0.6) is 0 Å². The molecular weight excluding hydrogens is 269 g/mol. The number of pyridine rings is 1. The van der Waals surface area contributed by atoms with E-state index >= 15 is 0 Å². The summed E-state index contributed by atoms with van der Waals surface area (Å²) in [4.78, 5) is 18.7. The Bertz CT molecular complexity index is 428. The second kappa shape index (κ2) is 2.97. The Balaban J connectivity index is 2.61. The topological polar surface area (TPSA) is 41.6 Å². The molecule has 0 aliphatic heterocycles. The molecule has 1 N–H and O–H groups in total. The molecule has 68 valence electrons. The van der Waals surface area contributed by atoms with Crippen LogP contribution < -0.4 is 3.58 Å². The van der Waals surface area contributed by atoms with E-state index in [4.69, 9.17) is 0 Å². The molecule has 0 unspecified atom stereocenters. The van der Waals surface area contributed by atoms with Crippen molar-refractivity contribution in [2.24, 2.45) is 0 Å². The fourth-order valence-electron chi connectivity index (χ4n) is 1.24. The molecule has 0 radical (unpaired) electrons. The van der Waals surface area contributed by atoms with Gasteiger partial charge in [-0.2, -0.15) is 0 Å². The summed E-state index contributed by atoms with van der Waals surface area (Å²) in [5, 5.41) is 0. The average molecular weight is 282 g/mol. The molecule has 0 spiro atoms. The molecule has 3 nitrogen and oxygen atoms in total. The van der Waals surface area contributed by atoms with Crippen LogP contribution in [0.3, 0.4) is 0 Å². The zero-order chi connectivity index (χ0) is 9.47. The number of imidazole rings is 1. The van der Waals surface area contributed by atoms with E-state index in [0.29, 0.717) is 0 Å². The molecule has 2 aromatic rings. The first-order valence-electron chi connectivity index (χ1n) is 4.37. The number of aromatic nitrogens is 3. The summed E-state index contributed by atoms with van der Waals surface area (Å²) >= 11 is -1.94. The molecule has 0 bridgehead atoms. The van der Waals surface area contributed by atoms with Gasteiger partial charge in [-0.1, -0.05) is 0 Å². The molecule has 0 saturated carbocycles. The fourth-order valence-corrected chi connectivity index (χ4v) is 4.18. The van der Waals surface area contributed by atoms with Gasteiger partial charge in [-0.15, -0.1) is 0 Å². The fraction of sp³-hybridized carbons (Fsp3) is 0.333. The van der Waals surface area contributed by atoms with Gasteiger partial charge in [0.15, 0.2) is 0 Å². The van der Waals surface area contributed by atoms with Gasteiger partial charge in [-0.05, 0) is 0 Å². The van der Waals surface area contributed by atoms with Crippen molar-refractivity contribution >= 4 is 33.1 Å². The quantitative estimate of drug-likeness (QED) is 0.805. The van der Waals surface area contributed by atoms with Gasteiger partial charge in [0.25, 0.3) is 0 Å². The summed E-state index contributed by atoms with van der Waals surface area (Å²) in [7, 11) is 0. The molecule has 0 amide bonds. The van der Waals surface area contributed by atoms with Crippen LogP contribution >= 0.6 is 0 Å². The molecule has 2 aromatic heterocycles. The molecule has 4 heteroatoms. The Hall–Kier alpha value is -0.581. The summed E-state index contributed by atoms with van der Waals surface area (Å²) in [5.41, 5.74) is 1.88. The number of fused-ring (bicyclic) bond motifs is 1. The summed E-state index contributed by atoms with van der Waals surface area (Å²) in [6.07, 6.45) is 3.68. The van der Waals surface area contributed by atoms with E-state index < -0.39 is 18.4 Å². The van der Waals surface area contributed by atoms with Crippen molar-refractivity contribution in [3.05, 3.63) is 18.6 Å². The van der Waals surface area contributed by atoms with Crippen molar-refractivity contribution in [2.75, 3.05) is 0 Å². The zero-order valence-electron chi connectivity index (χ0n) is 8.13. The molecule has 0 aliphatic carbocycles. The van der Waals surface area contributed by atoms with E-state index in [9.17, 15) is 0 Å². The molecule has 0 aliphatic rings. The maximum absolute atomic E-state index is 4.32. The van der Waals surface area contributed by atoms with E-state index in [1.165, 1.54) is 3.58 Å². The second-order valence-electron chi connectivity index (χ2n) is 4.25. The standard InChI is InChI=1S/C6H4N3.3CH3.Sn/c1-2-5-6(7-3-1)9-4-8-5;;;;/h2-4H,(H,7,8,9);3*1H3;. The van der Waals surface area contributed by atoms with Gasteiger partial charge >= 0.3 is 81.5 Å². The maximum atomic E-state index is 4.32. The first kappa shape index (κ1) is 8.99. The van der Waals surface area contributed by atoms with Crippen molar-refractivity contribution in [1.29, 1.82) is 0 Å². The van der Waals surface area contributed by atoms with Crippen molar-refractivity contribution in [3.8, 4) is 0 Å². The van der Waals surface area contributed by atoms with Crippen LogP contribution in [0.2, 0.25) is 14.8 Å². The molecule has 2 rings (SSSR count). The van der Waals surface area contributed by atoms with Crippen LogP contribution in [0.15, 0.2) is 18.6 Å². The SMILES string of the molecule is [CH3][Sn]([CH3])([CH3])[c]1cnc2nc[nH]c2c1. The van der Waals surface area contributed by atoms with Crippen molar-refractivity contribution in [3.63, 3.8) is 0 Å². The summed E-state index contributed by atoms with van der Waals surface area (Å²) < 4.78 is 1.44. The van der Waals surface area contributed by atoms with Gasteiger partial charge in [0.2, 0.25) is 0 Å². The third-order valence-corrected chi connectivity index (χ3v) is 7.86. The van der Waals surface area contributed by atoms with Crippen LogP contribution in [-0.2, 0) is 0 Å². The molecule has 0 saturated heterocycles. The van der Waals surface area contributed by atoms with Crippen molar-refractivity contribution < 1.29 is 0 Å². The molecule has 0 aromatic carbocycles. The first-order valence-corrected chi connectivity index (χ1v) is 14.4. The molecular formula is C9H13N3Sn. The summed E-state index contributed by atoms with van der Waals surface area (Å²) in [6, 6.07) is 2.20. The van der Waals surface area contributed by atoms with Crippen LogP contribution in [0.25, 0.3) is 11.2 Å². The Morgan fingerprint density at radius 2 is 2.00 bits per heavy atom. The predicted molar refractivity (Wildman–Crippen MR) is 56.9 cm³/mol. The van der Waals surface area contributed by atoms with E-state index in [0.717, 1.165) is 11.2 Å². The van der Waals surface area contributed by atoms with Crippen LogP contribution in [0.4, 0.5) is 0 Å². The third-order valence-electron chi connectivity index (χ3n) is 2.14. The number of hydrogen-bond donors (Lipinski definition) is 1. The number of aromatic amines is 1. The van der Waals surface area contributed by atoms with Gasteiger partial charge in [0.1, 0.15) is 0 Å². The summed E-state index contributed by atoms with van der Waals surface area (Å²) in [6.45, 7) is 0. The second-order valence-corrected chi connectivity index (χ2v) is 18.7. The van der Waals surface area contributed by atoms with Gasteiger partial charge in [-0.25, -0.2) is 0 Å². The van der Waals surface area contributed by atoms with Gasteiger partial charge in [0, 0.05) is 0 Å². The number of rotatable bonds is 1. The van der Waals surface area contributed by atoms with Crippen molar-refractivity contribution in [2.45, 2.75) is 14.8 Å². The van der Waals surface area contributed by atoms with Crippen LogP contribution in [0.1, 0.15) is 0 Å². The first-order chi connectivity index (χ1) is 6.07. The summed E-state index contributed by atoms with van der Waals surface area (Å²) in [5.74, 6) is 0. The molecule has 0 fully saturated rings. The Morgan fingerprint density at radius 1 is 1.23 bits per heavy atom. The van der Waals surface area contributed by atoms with Gasteiger partial charge < -0.3 is 0 Å². The van der Waals surface area contributed by atoms with Gasteiger partial charge in [-0.3, -0.25) is 0 Å². The van der Waals surface area contributed by atoms with Gasteiger partial charge in [0.05, 0.1) is 0 Å². The van der Waals surface area contributed by atoms with E-state index in [1.807, 2.05) is 6.20 Å². The van der Waals surface area contributed by atoms with E-state index in [2.05, 4.69) is 35.8 Å². The number of nitrogens with one attached hydrogen (secondary N) is 1. The zero-order valence-corrected chi connectivity index (χ0v) is 11.0. The van der Waals surface area contributed by atoms with E-state index in [1.54, 1.807) is 6.33 Å². The van der Waals surface area contributed by atoms with Crippen LogP contribution in [-0.4, -0.2) is 33.3 Å². The Labute approximate surface area is 81.5 Å². The Kier molecular flexibility index (Phi) is 2.06. The van der Waals surface area contributed by atoms with Crippen molar-refractivity contribution in [1.82, 2.24) is 15.0 Å². The molecule has 0 atom stereocenters. The number of H-pyrrole nitrogens is 1. The number of nitrogens with zero attached hydrogens (tertiary/aromatic N) is 2. The third kappa shape index (κ3) is 1.70. The van der Waals surface area contributed by atoms with E-state index in [-0.39, 0.29) is 0 Å². The monoisotopic (exact) mass is 283 g/mol.